The molecule has 0 radical (unpaired) electrons. The van der Waals surface area contributed by atoms with Crippen LogP contribution in [0.15, 0.2) is 75.9 Å². The predicted molar refractivity (Wildman–Crippen MR) is 134 cm³/mol. The van der Waals surface area contributed by atoms with Gasteiger partial charge in [-0.1, -0.05) is 57.2 Å². The number of fused-ring (bicyclic) bond motifs is 2. The molecule has 1 aliphatic rings. The molecule has 0 atom stereocenters. The van der Waals surface area contributed by atoms with E-state index in [9.17, 15) is 9.59 Å². The molecule has 6 nitrogen and oxygen atoms in total. The van der Waals surface area contributed by atoms with Crippen molar-refractivity contribution < 1.29 is 23.4 Å². The third kappa shape index (κ3) is 4.52. The van der Waals surface area contributed by atoms with E-state index in [0.717, 1.165) is 5.56 Å². The van der Waals surface area contributed by atoms with Gasteiger partial charge >= 0.3 is 0 Å². The molecule has 6 heteroatoms. The Morgan fingerprint density at radius 3 is 2.37 bits per heavy atom. The van der Waals surface area contributed by atoms with Crippen LogP contribution in [0, 0.1) is 0 Å². The standard InChI is InChI=1S/C29H26O6/c1-29(2,3)20-11-8-18(9-12-20)27-28(26(31)21-6-4-5-7-23(21)35-27)34-17-22(30)19-10-13-24-25(16-19)33-15-14-32-24/h4-13,16H,14-15,17H2,1-3H3. The van der Waals surface area contributed by atoms with Crippen LogP contribution >= 0.6 is 0 Å². The van der Waals surface area contributed by atoms with Gasteiger partial charge in [0.15, 0.2) is 29.6 Å². The average Bonchev–Trinajstić information content (AvgIpc) is 2.87. The lowest BCUT2D eigenvalue weighted by Crippen LogP contribution is -2.18. The summed E-state index contributed by atoms with van der Waals surface area (Å²) in [6, 6.07) is 19.8. The second-order valence-electron chi connectivity index (χ2n) is 9.48. The quantitative estimate of drug-likeness (QED) is 0.344. The number of ketones is 1. The van der Waals surface area contributed by atoms with Gasteiger partial charge in [-0.05, 0) is 41.3 Å². The molecule has 0 N–H and O–H groups in total. The summed E-state index contributed by atoms with van der Waals surface area (Å²) in [6.07, 6.45) is 0. The Bertz CT molecular complexity index is 1460. The van der Waals surface area contributed by atoms with Gasteiger partial charge in [-0.15, -0.1) is 0 Å². The van der Waals surface area contributed by atoms with E-state index in [-0.39, 0.29) is 29.0 Å². The Morgan fingerprint density at radius 1 is 0.914 bits per heavy atom. The maximum absolute atomic E-state index is 13.4. The summed E-state index contributed by atoms with van der Waals surface area (Å²) in [6.45, 7) is 6.98. The molecule has 0 fully saturated rings. The van der Waals surface area contributed by atoms with Crippen molar-refractivity contribution in [3.8, 4) is 28.6 Å². The molecule has 178 valence electrons. The second kappa shape index (κ2) is 8.95. The molecule has 0 spiro atoms. The highest BCUT2D eigenvalue weighted by Crippen LogP contribution is 2.34. The lowest BCUT2D eigenvalue weighted by molar-refractivity contribution is 0.0919. The summed E-state index contributed by atoms with van der Waals surface area (Å²) < 4.78 is 23.1. The van der Waals surface area contributed by atoms with Crippen LogP contribution < -0.4 is 19.6 Å². The van der Waals surface area contributed by atoms with Gasteiger partial charge in [-0.25, -0.2) is 0 Å². The molecular formula is C29H26O6. The first-order valence-electron chi connectivity index (χ1n) is 11.5. The van der Waals surface area contributed by atoms with Crippen LogP contribution in [0.2, 0.25) is 0 Å². The molecule has 0 saturated carbocycles. The van der Waals surface area contributed by atoms with Crippen LogP contribution in [-0.2, 0) is 5.41 Å². The molecule has 3 aromatic carbocycles. The Labute approximate surface area is 203 Å². The number of benzene rings is 3. The third-order valence-electron chi connectivity index (χ3n) is 5.98. The molecule has 2 heterocycles. The number of carbonyl (C=O) groups excluding carboxylic acids is 1. The number of para-hydroxylation sites is 1. The first-order chi connectivity index (χ1) is 16.8. The topological polar surface area (TPSA) is 75.0 Å². The van der Waals surface area contributed by atoms with Gasteiger partial charge in [-0.2, -0.15) is 0 Å². The molecule has 0 aliphatic carbocycles. The highest BCUT2D eigenvalue weighted by atomic mass is 16.6. The SMILES string of the molecule is CC(C)(C)c1ccc(-c2oc3ccccc3c(=O)c2OCC(=O)c2ccc3c(c2)OCCO3)cc1. The molecule has 35 heavy (non-hydrogen) atoms. The Hall–Kier alpha value is -4.06. The summed E-state index contributed by atoms with van der Waals surface area (Å²) in [5.41, 5.74) is 2.38. The largest absolute Gasteiger partial charge is 0.486 e. The van der Waals surface area contributed by atoms with Gasteiger partial charge in [0.25, 0.3) is 0 Å². The molecule has 0 unspecified atom stereocenters. The summed E-state index contributed by atoms with van der Waals surface area (Å²) in [4.78, 5) is 26.3. The van der Waals surface area contributed by atoms with Gasteiger partial charge in [-0.3, -0.25) is 9.59 Å². The fourth-order valence-electron chi connectivity index (χ4n) is 4.01. The molecule has 0 saturated heterocycles. The van der Waals surface area contributed by atoms with Crippen LogP contribution in [-0.4, -0.2) is 25.6 Å². The van der Waals surface area contributed by atoms with E-state index in [1.807, 2.05) is 30.3 Å². The van der Waals surface area contributed by atoms with Crippen molar-refractivity contribution in [3.63, 3.8) is 0 Å². The zero-order valence-corrected chi connectivity index (χ0v) is 19.9. The normalized spacial score (nSPS) is 13.0. The molecular weight excluding hydrogens is 444 g/mol. The van der Waals surface area contributed by atoms with Crippen molar-refractivity contribution >= 4 is 16.8 Å². The van der Waals surface area contributed by atoms with E-state index >= 15 is 0 Å². The van der Waals surface area contributed by atoms with Crippen LogP contribution in [0.1, 0.15) is 36.7 Å². The number of hydrogen-bond donors (Lipinski definition) is 0. The lowest BCUT2D eigenvalue weighted by Gasteiger charge is -2.19. The van der Waals surface area contributed by atoms with E-state index in [0.29, 0.717) is 52.6 Å². The maximum Gasteiger partial charge on any atom is 0.235 e. The Balaban J connectivity index is 1.50. The Morgan fingerprint density at radius 2 is 1.63 bits per heavy atom. The van der Waals surface area contributed by atoms with E-state index in [1.54, 1.807) is 36.4 Å². The predicted octanol–water partition coefficient (Wildman–Crippen LogP) is 5.79. The Kier molecular flexibility index (Phi) is 5.81. The molecule has 0 bridgehead atoms. The lowest BCUT2D eigenvalue weighted by atomic mass is 9.86. The van der Waals surface area contributed by atoms with Crippen LogP contribution in [0.25, 0.3) is 22.3 Å². The number of Topliss-reactive ketones (excluding diaryl/α,β-unsaturated/α-hetero) is 1. The summed E-state index contributed by atoms with van der Waals surface area (Å²) in [7, 11) is 0. The van der Waals surface area contributed by atoms with E-state index in [4.69, 9.17) is 18.6 Å². The van der Waals surface area contributed by atoms with E-state index in [1.165, 1.54) is 0 Å². The minimum atomic E-state index is -0.324. The van der Waals surface area contributed by atoms with Crippen molar-refractivity contribution in [2.24, 2.45) is 0 Å². The van der Waals surface area contributed by atoms with Gasteiger partial charge in [0.2, 0.25) is 11.2 Å². The van der Waals surface area contributed by atoms with Crippen molar-refractivity contribution in [1.82, 2.24) is 0 Å². The minimum absolute atomic E-state index is 0.0121. The molecule has 5 rings (SSSR count). The summed E-state index contributed by atoms with van der Waals surface area (Å²) in [5, 5.41) is 0.393. The number of rotatable bonds is 5. The van der Waals surface area contributed by atoms with Gasteiger partial charge in [0, 0.05) is 11.1 Å². The smallest absolute Gasteiger partial charge is 0.235 e. The maximum atomic E-state index is 13.4. The highest BCUT2D eigenvalue weighted by Gasteiger charge is 2.21. The van der Waals surface area contributed by atoms with Gasteiger partial charge < -0.3 is 18.6 Å². The van der Waals surface area contributed by atoms with Crippen molar-refractivity contribution in [2.45, 2.75) is 26.2 Å². The second-order valence-corrected chi connectivity index (χ2v) is 9.48. The number of ether oxygens (including phenoxy) is 3. The summed E-state index contributed by atoms with van der Waals surface area (Å²) >= 11 is 0. The monoisotopic (exact) mass is 470 g/mol. The fourth-order valence-corrected chi connectivity index (χ4v) is 4.01. The van der Waals surface area contributed by atoms with Crippen LogP contribution in [0.5, 0.6) is 17.2 Å². The van der Waals surface area contributed by atoms with Crippen molar-refractivity contribution in [3.05, 3.63) is 88.1 Å². The summed E-state index contributed by atoms with van der Waals surface area (Å²) in [5.74, 6) is 1.14. The number of carbonyl (C=O) groups is 1. The van der Waals surface area contributed by atoms with E-state index < -0.39 is 0 Å². The van der Waals surface area contributed by atoms with Gasteiger partial charge in [0.1, 0.15) is 18.8 Å². The van der Waals surface area contributed by atoms with Gasteiger partial charge in [0.05, 0.1) is 5.39 Å². The van der Waals surface area contributed by atoms with Crippen molar-refractivity contribution in [2.75, 3.05) is 19.8 Å². The van der Waals surface area contributed by atoms with E-state index in [2.05, 4.69) is 20.8 Å². The third-order valence-corrected chi connectivity index (χ3v) is 5.98. The minimum Gasteiger partial charge on any atom is -0.486 e. The van der Waals surface area contributed by atoms with Crippen LogP contribution in [0.3, 0.4) is 0 Å². The average molecular weight is 471 g/mol. The fraction of sp³-hybridized carbons (Fsp3) is 0.241. The molecule has 1 aliphatic heterocycles. The zero-order chi connectivity index (χ0) is 24.6. The first kappa shape index (κ1) is 22.7. The highest BCUT2D eigenvalue weighted by molar-refractivity contribution is 5.98. The zero-order valence-electron chi connectivity index (χ0n) is 19.9. The number of hydrogen-bond acceptors (Lipinski definition) is 6. The first-order valence-corrected chi connectivity index (χ1v) is 11.5. The molecule has 0 amide bonds. The van der Waals surface area contributed by atoms with Crippen molar-refractivity contribution in [1.29, 1.82) is 0 Å². The molecule has 1 aromatic heterocycles. The molecule has 4 aromatic rings. The van der Waals surface area contributed by atoms with Crippen LogP contribution in [0.4, 0.5) is 0 Å².